The van der Waals surface area contributed by atoms with Crippen LogP contribution in [0.5, 0.6) is 0 Å². The maximum Gasteiger partial charge on any atom is 0.0410 e. The molecule has 0 bridgehead atoms. The van der Waals surface area contributed by atoms with E-state index >= 15 is 0 Å². The SMILES string of the molecule is CN(C)CCNc1ccc(Cl)cc1CN. The molecule has 1 aromatic carbocycles. The molecule has 15 heavy (non-hydrogen) atoms. The van der Waals surface area contributed by atoms with E-state index in [1.165, 1.54) is 0 Å². The predicted molar refractivity (Wildman–Crippen MR) is 66.4 cm³/mol. The number of benzene rings is 1. The first-order chi connectivity index (χ1) is 7.13. The van der Waals surface area contributed by atoms with Gasteiger partial charge in [-0.1, -0.05) is 11.6 Å². The van der Waals surface area contributed by atoms with Gasteiger partial charge >= 0.3 is 0 Å². The summed E-state index contributed by atoms with van der Waals surface area (Å²) in [6, 6.07) is 5.75. The van der Waals surface area contributed by atoms with Gasteiger partial charge in [0.15, 0.2) is 0 Å². The third kappa shape index (κ3) is 4.08. The molecule has 0 aliphatic rings. The molecular formula is C11H18ClN3. The van der Waals surface area contributed by atoms with Gasteiger partial charge < -0.3 is 16.0 Å². The second-order valence-electron chi connectivity index (χ2n) is 3.74. The van der Waals surface area contributed by atoms with Crippen LogP contribution in [0.15, 0.2) is 18.2 Å². The number of halogens is 1. The summed E-state index contributed by atoms with van der Waals surface area (Å²) in [5.41, 5.74) is 7.77. The van der Waals surface area contributed by atoms with Crippen LogP contribution >= 0.6 is 11.6 Å². The number of hydrogen-bond donors (Lipinski definition) is 2. The van der Waals surface area contributed by atoms with Gasteiger partial charge in [-0.05, 0) is 37.9 Å². The average Bonchev–Trinajstić information content (AvgIpc) is 2.19. The second-order valence-corrected chi connectivity index (χ2v) is 4.17. The van der Waals surface area contributed by atoms with E-state index in [-0.39, 0.29) is 0 Å². The number of rotatable bonds is 5. The Hall–Kier alpha value is -0.770. The summed E-state index contributed by atoms with van der Waals surface area (Å²) in [6.07, 6.45) is 0. The fourth-order valence-corrected chi connectivity index (χ4v) is 1.51. The zero-order valence-corrected chi connectivity index (χ0v) is 10.0. The van der Waals surface area contributed by atoms with E-state index in [2.05, 4.69) is 10.2 Å². The highest BCUT2D eigenvalue weighted by atomic mass is 35.5. The Bertz CT molecular complexity index is 313. The lowest BCUT2D eigenvalue weighted by Crippen LogP contribution is -2.21. The normalized spacial score (nSPS) is 10.7. The molecule has 0 aliphatic heterocycles. The Morgan fingerprint density at radius 3 is 2.73 bits per heavy atom. The quantitative estimate of drug-likeness (QED) is 0.806. The van der Waals surface area contributed by atoms with E-state index < -0.39 is 0 Å². The lowest BCUT2D eigenvalue weighted by Gasteiger charge is -2.14. The van der Waals surface area contributed by atoms with E-state index in [9.17, 15) is 0 Å². The maximum atomic E-state index is 5.89. The van der Waals surface area contributed by atoms with Crippen molar-refractivity contribution in [2.24, 2.45) is 5.73 Å². The second kappa shape index (κ2) is 5.95. The minimum absolute atomic E-state index is 0.505. The fourth-order valence-electron chi connectivity index (χ4n) is 1.32. The first-order valence-electron chi connectivity index (χ1n) is 5.00. The highest BCUT2D eigenvalue weighted by molar-refractivity contribution is 6.30. The van der Waals surface area contributed by atoms with E-state index in [1.807, 2.05) is 32.3 Å². The van der Waals surface area contributed by atoms with Gasteiger partial charge in [0, 0.05) is 30.3 Å². The predicted octanol–water partition coefficient (Wildman–Crippen LogP) is 1.77. The first kappa shape index (κ1) is 12.3. The van der Waals surface area contributed by atoms with Gasteiger partial charge in [-0.3, -0.25) is 0 Å². The van der Waals surface area contributed by atoms with Crippen LogP contribution in [0.25, 0.3) is 0 Å². The molecule has 0 aliphatic carbocycles. The zero-order valence-electron chi connectivity index (χ0n) is 9.26. The van der Waals surface area contributed by atoms with Crippen LogP contribution in [0, 0.1) is 0 Å². The maximum absolute atomic E-state index is 5.89. The van der Waals surface area contributed by atoms with Crippen LogP contribution in [-0.2, 0) is 6.54 Å². The molecule has 0 spiro atoms. The van der Waals surface area contributed by atoms with Crippen molar-refractivity contribution in [3.05, 3.63) is 28.8 Å². The molecule has 0 amide bonds. The molecule has 0 saturated heterocycles. The molecule has 0 fully saturated rings. The van der Waals surface area contributed by atoms with Gasteiger partial charge in [0.05, 0.1) is 0 Å². The Morgan fingerprint density at radius 1 is 1.40 bits per heavy atom. The molecule has 0 unspecified atom stereocenters. The highest BCUT2D eigenvalue weighted by Crippen LogP contribution is 2.19. The fraction of sp³-hybridized carbons (Fsp3) is 0.455. The van der Waals surface area contributed by atoms with Crippen molar-refractivity contribution in [2.75, 3.05) is 32.5 Å². The lowest BCUT2D eigenvalue weighted by molar-refractivity contribution is 0.425. The number of nitrogens with one attached hydrogen (secondary N) is 1. The first-order valence-corrected chi connectivity index (χ1v) is 5.38. The lowest BCUT2D eigenvalue weighted by atomic mass is 10.2. The summed E-state index contributed by atoms with van der Waals surface area (Å²) in [5, 5.41) is 4.07. The highest BCUT2D eigenvalue weighted by Gasteiger charge is 2.01. The molecule has 0 heterocycles. The summed E-state index contributed by atoms with van der Waals surface area (Å²) in [5.74, 6) is 0. The van der Waals surface area contributed by atoms with Gasteiger partial charge in [0.1, 0.15) is 0 Å². The molecule has 1 aromatic rings. The summed E-state index contributed by atoms with van der Waals surface area (Å²) in [4.78, 5) is 2.13. The molecule has 0 atom stereocenters. The third-order valence-corrected chi connectivity index (χ3v) is 2.40. The van der Waals surface area contributed by atoms with Gasteiger partial charge in [0.2, 0.25) is 0 Å². The molecule has 3 nitrogen and oxygen atoms in total. The van der Waals surface area contributed by atoms with E-state index in [1.54, 1.807) is 0 Å². The Kier molecular flexibility index (Phi) is 4.88. The topological polar surface area (TPSA) is 41.3 Å². The minimum atomic E-state index is 0.505. The van der Waals surface area contributed by atoms with Crippen LogP contribution in [0.1, 0.15) is 5.56 Å². The van der Waals surface area contributed by atoms with Crippen molar-refractivity contribution in [1.29, 1.82) is 0 Å². The Morgan fingerprint density at radius 2 is 2.13 bits per heavy atom. The number of anilines is 1. The summed E-state index contributed by atoms with van der Waals surface area (Å²) < 4.78 is 0. The van der Waals surface area contributed by atoms with Crippen molar-refractivity contribution in [1.82, 2.24) is 4.90 Å². The van der Waals surface area contributed by atoms with E-state index in [0.717, 1.165) is 29.4 Å². The molecule has 1 rings (SSSR count). The average molecular weight is 228 g/mol. The van der Waals surface area contributed by atoms with Crippen molar-refractivity contribution >= 4 is 17.3 Å². The Balaban J connectivity index is 2.60. The molecule has 0 saturated carbocycles. The number of nitrogens with zero attached hydrogens (tertiary/aromatic N) is 1. The molecule has 3 N–H and O–H groups in total. The van der Waals surface area contributed by atoms with Crippen LogP contribution in [0.3, 0.4) is 0 Å². The summed E-state index contributed by atoms with van der Waals surface area (Å²) >= 11 is 5.89. The minimum Gasteiger partial charge on any atom is -0.383 e. The smallest absolute Gasteiger partial charge is 0.0410 e. The van der Waals surface area contributed by atoms with Crippen LogP contribution < -0.4 is 11.1 Å². The standard InChI is InChI=1S/C11H18ClN3/c1-15(2)6-5-14-11-4-3-10(12)7-9(11)8-13/h3-4,7,14H,5-6,8,13H2,1-2H3. The van der Waals surface area contributed by atoms with Crippen LogP contribution in [-0.4, -0.2) is 32.1 Å². The monoisotopic (exact) mass is 227 g/mol. The summed E-state index contributed by atoms with van der Waals surface area (Å²) in [6.45, 7) is 2.40. The summed E-state index contributed by atoms with van der Waals surface area (Å²) in [7, 11) is 4.10. The third-order valence-electron chi connectivity index (χ3n) is 2.16. The van der Waals surface area contributed by atoms with Crippen molar-refractivity contribution in [3.8, 4) is 0 Å². The Labute approximate surface area is 96.2 Å². The van der Waals surface area contributed by atoms with Crippen molar-refractivity contribution < 1.29 is 0 Å². The van der Waals surface area contributed by atoms with E-state index in [0.29, 0.717) is 6.54 Å². The van der Waals surface area contributed by atoms with Gasteiger partial charge in [-0.25, -0.2) is 0 Å². The molecule has 0 radical (unpaired) electrons. The largest absolute Gasteiger partial charge is 0.383 e. The molecule has 84 valence electrons. The molecule has 4 heteroatoms. The molecule has 0 aromatic heterocycles. The number of likely N-dealkylation sites (N-methyl/N-ethyl adjacent to an activating group) is 1. The zero-order chi connectivity index (χ0) is 11.3. The van der Waals surface area contributed by atoms with Gasteiger partial charge in [0.25, 0.3) is 0 Å². The van der Waals surface area contributed by atoms with Crippen molar-refractivity contribution in [2.45, 2.75) is 6.54 Å². The number of hydrogen-bond acceptors (Lipinski definition) is 3. The van der Waals surface area contributed by atoms with Crippen LogP contribution in [0.2, 0.25) is 5.02 Å². The van der Waals surface area contributed by atoms with Crippen molar-refractivity contribution in [3.63, 3.8) is 0 Å². The van der Waals surface area contributed by atoms with E-state index in [4.69, 9.17) is 17.3 Å². The van der Waals surface area contributed by atoms with Gasteiger partial charge in [-0.15, -0.1) is 0 Å². The van der Waals surface area contributed by atoms with Crippen LogP contribution in [0.4, 0.5) is 5.69 Å². The number of nitrogens with two attached hydrogens (primary N) is 1. The van der Waals surface area contributed by atoms with Gasteiger partial charge in [-0.2, -0.15) is 0 Å². The molecular weight excluding hydrogens is 210 g/mol.